The molecule has 4 atom stereocenters. The first-order chi connectivity index (χ1) is 15.4. The maximum Gasteiger partial charge on any atom is 2.00 e. The van der Waals surface area contributed by atoms with Crippen LogP contribution in [0.5, 0.6) is 0 Å². The maximum atomic E-state index is 2.42. The molecule has 32 heavy (non-hydrogen) atoms. The van der Waals surface area contributed by atoms with Gasteiger partial charge in [0, 0.05) is 0 Å². The average molecular weight is 513 g/mol. The van der Waals surface area contributed by atoms with Crippen molar-refractivity contribution in [2.24, 2.45) is 23.7 Å². The van der Waals surface area contributed by atoms with Crippen molar-refractivity contribution in [2.75, 3.05) is 0 Å². The van der Waals surface area contributed by atoms with Gasteiger partial charge in [0.15, 0.2) is 0 Å². The molecule has 2 heteroatoms. The number of allylic oxidation sites excluding steroid dienone is 8. The van der Waals surface area contributed by atoms with Gasteiger partial charge in [-0.25, -0.2) is 0 Å². The van der Waals surface area contributed by atoms with E-state index in [-0.39, 0.29) is 35.7 Å². The molecule has 2 saturated carbocycles. The quantitative estimate of drug-likeness (QED) is 0.355. The van der Waals surface area contributed by atoms with Crippen LogP contribution in [0.1, 0.15) is 25.7 Å². The summed E-state index contributed by atoms with van der Waals surface area (Å²) in [4.78, 5) is 0. The van der Waals surface area contributed by atoms with E-state index in [0.717, 1.165) is 23.7 Å². The molecule has 0 amide bonds. The predicted molar refractivity (Wildman–Crippen MR) is 137 cm³/mol. The number of benzene rings is 2. The number of hydrogen-bond acceptors (Lipinski definition) is 0. The zero-order valence-electron chi connectivity index (χ0n) is 18.8. The van der Waals surface area contributed by atoms with Crippen LogP contribution in [0.15, 0.2) is 109 Å². The van der Waals surface area contributed by atoms with Gasteiger partial charge in [-0.05, 0) is 11.8 Å². The van der Waals surface area contributed by atoms with E-state index in [2.05, 4.69) is 122 Å². The summed E-state index contributed by atoms with van der Waals surface area (Å²) < 4.78 is 0. The first kappa shape index (κ1) is 25.1. The maximum absolute atomic E-state index is 2.42. The molecule has 4 unspecified atom stereocenters. The van der Waals surface area contributed by atoms with E-state index >= 15 is 0 Å². The van der Waals surface area contributed by atoms with Gasteiger partial charge in [-0.15, -0.1) is 24.0 Å². The molecule has 161 valence electrons. The summed E-state index contributed by atoms with van der Waals surface area (Å²) >= 11 is 0. The van der Waals surface area contributed by atoms with Crippen LogP contribution in [0.25, 0.3) is 0 Å². The van der Waals surface area contributed by atoms with Gasteiger partial charge in [0.05, 0.1) is 0 Å². The fourth-order valence-corrected chi connectivity index (χ4v) is 5.89. The summed E-state index contributed by atoms with van der Waals surface area (Å²) in [5, 5.41) is 2.90. The van der Waals surface area contributed by atoms with Crippen molar-refractivity contribution in [1.82, 2.24) is 0 Å². The summed E-state index contributed by atoms with van der Waals surface area (Å²) in [7, 11) is 0.271. The minimum atomic E-state index is 0. The molecule has 0 aliphatic heterocycles. The largest absolute Gasteiger partial charge is 2.00 e. The van der Waals surface area contributed by atoms with Crippen molar-refractivity contribution in [3.8, 4) is 0 Å². The Morgan fingerprint density at radius 3 is 1.38 bits per heavy atom. The second-order valence-electron chi connectivity index (χ2n) is 8.61. The van der Waals surface area contributed by atoms with E-state index in [1.165, 1.54) is 36.1 Å². The molecule has 0 spiro atoms. The van der Waals surface area contributed by atoms with E-state index < -0.39 is 0 Å². The summed E-state index contributed by atoms with van der Waals surface area (Å²) in [6.45, 7) is 0. The first-order valence-electron chi connectivity index (χ1n) is 11.7. The van der Waals surface area contributed by atoms with Gasteiger partial charge in [-0.3, -0.25) is 0 Å². The molecule has 0 aromatic heterocycles. The summed E-state index contributed by atoms with van der Waals surface area (Å²) in [5.41, 5.74) is 0. The van der Waals surface area contributed by atoms with Gasteiger partial charge in [-0.1, -0.05) is 120 Å². The Balaban J connectivity index is 0.000000137. The molecule has 4 aliphatic carbocycles. The minimum absolute atomic E-state index is 0. The van der Waals surface area contributed by atoms with Crippen LogP contribution in [0, 0.1) is 36.5 Å². The SMILES string of the molecule is C1=CC2[CH-]CCC2C=C1.C1=CC2[CH-]CCC2C=C1.[Zr+2].c1ccc([SiH]c2ccccc2)cc1. The van der Waals surface area contributed by atoms with Gasteiger partial charge in [0.2, 0.25) is 0 Å². The molecular formula is C30H33SiZr. The minimum Gasteiger partial charge on any atom is -0.321 e. The summed E-state index contributed by atoms with van der Waals surface area (Å²) in [6.07, 6.45) is 28.1. The number of fused-ring (bicyclic) bond motifs is 2. The average Bonchev–Trinajstić information content (AvgIpc) is 3.51. The Bertz CT molecular complexity index is 785. The van der Waals surface area contributed by atoms with Crippen molar-refractivity contribution >= 4 is 19.9 Å². The van der Waals surface area contributed by atoms with Gasteiger partial charge < -0.3 is 12.8 Å². The second kappa shape index (κ2) is 13.9. The molecule has 2 aromatic carbocycles. The van der Waals surface area contributed by atoms with Crippen molar-refractivity contribution < 1.29 is 26.2 Å². The fraction of sp³-hybridized carbons (Fsp3) is 0.267. The number of hydrogen-bond donors (Lipinski definition) is 0. The van der Waals surface area contributed by atoms with Crippen LogP contribution in [0.4, 0.5) is 0 Å². The van der Waals surface area contributed by atoms with E-state index in [4.69, 9.17) is 0 Å². The first-order valence-corrected chi connectivity index (χ1v) is 12.9. The normalized spacial score (nSPS) is 26.0. The molecule has 0 bridgehead atoms. The monoisotopic (exact) mass is 511 g/mol. The van der Waals surface area contributed by atoms with Crippen molar-refractivity contribution in [3.63, 3.8) is 0 Å². The van der Waals surface area contributed by atoms with Crippen LogP contribution in [0.3, 0.4) is 0 Å². The van der Waals surface area contributed by atoms with Crippen molar-refractivity contribution in [1.29, 1.82) is 0 Å². The Morgan fingerprint density at radius 2 is 0.969 bits per heavy atom. The van der Waals surface area contributed by atoms with E-state index in [9.17, 15) is 0 Å². The Kier molecular flexibility index (Phi) is 10.9. The zero-order valence-corrected chi connectivity index (χ0v) is 22.4. The van der Waals surface area contributed by atoms with E-state index in [1.807, 2.05) is 0 Å². The molecule has 0 nitrogen and oxygen atoms in total. The third-order valence-electron chi connectivity index (χ3n) is 6.40. The molecule has 1 radical (unpaired) electrons. The van der Waals surface area contributed by atoms with Crippen molar-refractivity contribution in [3.05, 3.63) is 122 Å². The van der Waals surface area contributed by atoms with Crippen LogP contribution < -0.4 is 10.4 Å². The molecule has 2 fully saturated rings. The Labute approximate surface area is 216 Å². The molecule has 2 aromatic rings. The van der Waals surface area contributed by atoms with Gasteiger partial charge in [-0.2, -0.15) is 12.8 Å². The van der Waals surface area contributed by atoms with Gasteiger partial charge >= 0.3 is 26.2 Å². The summed E-state index contributed by atoms with van der Waals surface area (Å²) in [6, 6.07) is 21.3. The second-order valence-corrected chi connectivity index (χ2v) is 10.2. The fourth-order valence-electron chi connectivity index (χ4n) is 4.68. The topological polar surface area (TPSA) is 0 Å². The van der Waals surface area contributed by atoms with Crippen LogP contribution in [-0.2, 0) is 26.2 Å². The predicted octanol–water partition coefficient (Wildman–Crippen LogP) is 5.76. The van der Waals surface area contributed by atoms with Crippen LogP contribution in [0.2, 0.25) is 0 Å². The zero-order chi connectivity index (χ0) is 21.1. The third-order valence-corrected chi connectivity index (χ3v) is 7.84. The van der Waals surface area contributed by atoms with Crippen molar-refractivity contribution in [2.45, 2.75) is 25.7 Å². The third kappa shape index (κ3) is 7.82. The van der Waals surface area contributed by atoms with E-state index in [1.54, 1.807) is 0 Å². The van der Waals surface area contributed by atoms with Gasteiger partial charge in [0.1, 0.15) is 9.52 Å². The molecule has 6 rings (SSSR count). The Hall–Kier alpha value is -1.50. The van der Waals surface area contributed by atoms with Gasteiger partial charge in [0.25, 0.3) is 0 Å². The van der Waals surface area contributed by atoms with Crippen LogP contribution in [-0.4, -0.2) is 9.52 Å². The van der Waals surface area contributed by atoms with Crippen LogP contribution >= 0.6 is 0 Å². The molecular weight excluding hydrogens is 480 g/mol. The molecule has 0 saturated heterocycles. The number of rotatable bonds is 2. The molecule has 0 heterocycles. The van der Waals surface area contributed by atoms with E-state index in [0.29, 0.717) is 0 Å². The standard InChI is InChI=1S/C12H11Si.2C9H11.Zr/c1-3-7-11(8-4-1)13-12-9-5-2-6-10-12;2*1-2-5-9-7-3-6-8(9)4-1;/h1-10,13H;2*1-2,4-6,8-9H,3,7H2;/q;2*-1;+2. The summed E-state index contributed by atoms with van der Waals surface area (Å²) in [5.74, 6) is 3.23. The Morgan fingerprint density at radius 1 is 0.562 bits per heavy atom. The molecule has 0 N–H and O–H groups in total. The smallest absolute Gasteiger partial charge is 0.321 e. The molecule has 4 aliphatic rings.